The first-order valence-corrected chi connectivity index (χ1v) is 7.41. The zero-order valence-electron chi connectivity index (χ0n) is 11.0. The molecule has 2 aliphatic rings. The van der Waals surface area contributed by atoms with E-state index in [1.165, 1.54) is 11.3 Å². The molecule has 2 N–H and O–H groups in total. The van der Waals surface area contributed by atoms with Gasteiger partial charge in [0.15, 0.2) is 0 Å². The van der Waals surface area contributed by atoms with Crippen molar-refractivity contribution in [2.45, 2.75) is 31.5 Å². The summed E-state index contributed by atoms with van der Waals surface area (Å²) in [6, 6.07) is 2.16. The molecule has 1 aromatic heterocycles. The Morgan fingerprint density at radius 1 is 1.50 bits per heavy atom. The van der Waals surface area contributed by atoms with Gasteiger partial charge >= 0.3 is 0 Å². The van der Waals surface area contributed by atoms with Crippen LogP contribution in [0.25, 0.3) is 0 Å². The Kier molecular flexibility index (Phi) is 3.21. The number of hydrogen-bond acceptors (Lipinski definition) is 4. The average molecular weight is 293 g/mol. The Hall–Kier alpha value is -1.89. The standard InChI is InChI=1S/C13H15N3O3S/c1-7-13(19)16-5-4-8(10(16)12(18)14-7)15-11(17)9-3-2-6-20-9/h2-3,6-8,10H,4-5H2,1H3,(H,14,18)(H,15,17). The van der Waals surface area contributed by atoms with Gasteiger partial charge in [-0.15, -0.1) is 11.3 Å². The minimum Gasteiger partial charge on any atom is -0.346 e. The van der Waals surface area contributed by atoms with Crippen LogP contribution in [0.3, 0.4) is 0 Å². The molecule has 3 amide bonds. The Morgan fingerprint density at radius 3 is 3.00 bits per heavy atom. The van der Waals surface area contributed by atoms with Crippen molar-refractivity contribution >= 4 is 29.1 Å². The number of nitrogens with zero attached hydrogens (tertiary/aromatic N) is 1. The summed E-state index contributed by atoms with van der Waals surface area (Å²) in [7, 11) is 0. The maximum atomic E-state index is 12.1. The lowest BCUT2D eigenvalue weighted by molar-refractivity contribution is -0.146. The average Bonchev–Trinajstić information content (AvgIpc) is 3.05. The largest absolute Gasteiger partial charge is 0.346 e. The summed E-state index contributed by atoms with van der Waals surface area (Å²) in [6.07, 6.45) is 0.605. The number of fused-ring (bicyclic) bond motifs is 1. The number of amides is 3. The van der Waals surface area contributed by atoms with Gasteiger partial charge in [0, 0.05) is 6.54 Å². The second-order valence-electron chi connectivity index (χ2n) is 5.05. The molecule has 2 saturated heterocycles. The Balaban J connectivity index is 1.74. The Morgan fingerprint density at radius 2 is 2.30 bits per heavy atom. The molecule has 0 bridgehead atoms. The molecule has 3 atom stereocenters. The van der Waals surface area contributed by atoms with Crippen LogP contribution in [0.4, 0.5) is 0 Å². The third kappa shape index (κ3) is 2.07. The Labute approximate surface area is 120 Å². The van der Waals surface area contributed by atoms with Crippen LogP contribution in [0.1, 0.15) is 23.0 Å². The normalized spacial score (nSPS) is 29.1. The molecule has 0 spiro atoms. The van der Waals surface area contributed by atoms with Crippen molar-refractivity contribution in [3.8, 4) is 0 Å². The minimum absolute atomic E-state index is 0.0810. The first kappa shape index (κ1) is 13.1. The molecule has 6 nitrogen and oxygen atoms in total. The summed E-state index contributed by atoms with van der Waals surface area (Å²) >= 11 is 1.35. The number of thiophene rings is 1. The van der Waals surface area contributed by atoms with E-state index in [1.807, 2.05) is 5.38 Å². The first-order chi connectivity index (χ1) is 9.58. The number of nitrogens with one attached hydrogen (secondary N) is 2. The molecule has 7 heteroatoms. The Bertz CT molecular complexity index is 557. The fourth-order valence-corrected chi connectivity index (χ4v) is 3.40. The number of piperazine rings is 1. The lowest BCUT2D eigenvalue weighted by Gasteiger charge is -2.35. The van der Waals surface area contributed by atoms with Gasteiger partial charge in [0.25, 0.3) is 5.91 Å². The molecule has 0 radical (unpaired) electrons. The topological polar surface area (TPSA) is 78.5 Å². The molecule has 0 saturated carbocycles. The number of hydrogen-bond donors (Lipinski definition) is 2. The van der Waals surface area contributed by atoms with E-state index in [1.54, 1.807) is 24.0 Å². The SMILES string of the molecule is CC1NC(=O)C2C(NC(=O)c3cccs3)CCN2C1=O. The highest BCUT2D eigenvalue weighted by molar-refractivity contribution is 7.12. The van der Waals surface area contributed by atoms with E-state index in [4.69, 9.17) is 0 Å². The summed E-state index contributed by atoms with van der Waals surface area (Å²) in [6.45, 7) is 2.19. The van der Waals surface area contributed by atoms with Gasteiger partial charge in [-0.2, -0.15) is 0 Å². The van der Waals surface area contributed by atoms with E-state index < -0.39 is 12.1 Å². The van der Waals surface area contributed by atoms with Crippen molar-refractivity contribution in [2.75, 3.05) is 6.54 Å². The molecule has 2 fully saturated rings. The summed E-state index contributed by atoms with van der Waals surface area (Å²) in [4.78, 5) is 38.3. The summed E-state index contributed by atoms with van der Waals surface area (Å²) in [5.74, 6) is -0.459. The second-order valence-corrected chi connectivity index (χ2v) is 6.00. The van der Waals surface area contributed by atoms with Gasteiger partial charge in [-0.25, -0.2) is 0 Å². The fraction of sp³-hybridized carbons (Fsp3) is 0.462. The maximum Gasteiger partial charge on any atom is 0.261 e. The van der Waals surface area contributed by atoms with Gasteiger partial charge in [0.1, 0.15) is 12.1 Å². The highest BCUT2D eigenvalue weighted by atomic mass is 32.1. The zero-order chi connectivity index (χ0) is 14.3. The smallest absolute Gasteiger partial charge is 0.261 e. The van der Waals surface area contributed by atoms with Crippen LogP contribution in [0, 0.1) is 0 Å². The molecule has 2 aliphatic heterocycles. The van der Waals surface area contributed by atoms with Crippen molar-refractivity contribution in [1.29, 1.82) is 0 Å². The highest BCUT2D eigenvalue weighted by Crippen LogP contribution is 2.23. The molecule has 3 unspecified atom stereocenters. The highest BCUT2D eigenvalue weighted by Gasteiger charge is 2.47. The zero-order valence-corrected chi connectivity index (χ0v) is 11.8. The lowest BCUT2D eigenvalue weighted by atomic mass is 10.0. The van der Waals surface area contributed by atoms with Gasteiger partial charge in [-0.3, -0.25) is 14.4 Å². The van der Waals surface area contributed by atoms with Gasteiger partial charge in [0.05, 0.1) is 10.9 Å². The quantitative estimate of drug-likeness (QED) is 0.803. The molecule has 0 aliphatic carbocycles. The van der Waals surface area contributed by atoms with Crippen molar-refractivity contribution in [3.05, 3.63) is 22.4 Å². The van der Waals surface area contributed by atoms with Crippen LogP contribution < -0.4 is 10.6 Å². The fourth-order valence-electron chi connectivity index (χ4n) is 2.77. The lowest BCUT2D eigenvalue weighted by Crippen LogP contribution is -2.64. The summed E-state index contributed by atoms with van der Waals surface area (Å²) in [5, 5.41) is 7.35. The number of carbonyl (C=O) groups is 3. The van der Waals surface area contributed by atoms with Crippen LogP contribution in [0.2, 0.25) is 0 Å². The molecule has 3 rings (SSSR count). The van der Waals surface area contributed by atoms with E-state index in [0.717, 1.165) is 0 Å². The van der Waals surface area contributed by atoms with Gasteiger partial charge < -0.3 is 15.5 Å². The monoisotopic (exact) mass is 293 g/mol. The van der Waals surface area contributed by atoms with E-state index in [2.05, 4.69) is 10.6 Å². The van der Waals surface area contributed by atoms with Crippen molar-refractivity contribution in [1.82, 2.24) is 15.5 Å². The molecule has 1 aromatic rings. The third-order valence-electron chi connectivity index (χ3n) is 3.74. The minimum atomic E-state index is -0.581. The molecular formula is C13H15N3O3S. The molecular weight excluding hydrogens is 278 g/mol. The number of rotatable bonds is 2. The van der Waals surface area contributed by atoms with Gasteiger partial charge in [-0.05, 0) is 24.8 Å². The molecule has 106 valence electrons. The second kappa shape index (κ2) is 4.90. The van der Waals surface area contributed by atoms with E-state index in [0.29, 0.717) is 17.8 Å². The molecule has 20 heavy (non-hydrogen) atoms. The van der Waals surface area contributed by atoms with Crippen molar-refractivity contribution in [2.24, 2.45) is 0 Å². The molecule has 3 heterocycles. The predicted molar refractivity (Wildman–Crippen MR) is 73.3 cm³/mol. The first-order valence-electron chi connectivity index (χ1n) is 6.53. The number of carbonyl (C=O) groups excluding carboxylic acids is 3. The molecule has 0 aromatic carbocycles. The van der Waals surface area contributed by atoms with Crippen LogP contribution in [-0.4, -0.2) is 47.3 Å². The summed E-state index contributed by atoms with van der Waals surface area (Å²) in [5.41, 5.74) is 0. The van der Waals surface area contributed by atoms with E-state index in [9.17, 15) is 14.4 Å². The summed E-state index contributed by atoms with van der Waals surface area (Å²) < 4.78 is 0. The third-order valence-corrected chi connectivity index (χ3v) is 4.61. The van der Waals surface area contributed by atoms with Gasteiger partial charge in [0.2, 0.25) is 11.8 Å². The van der Waals surface area contributed by atoms with Crippen LogP contribution in [0.5, 0.6) is 0 Å². The van der Waals surface area contributed by atoms with E-state index >= 15 is 0 Å². The predicted octanol–water partition coefficient (Wildman–Crippen LogP) is -0.0343. The maximum absolute atomic E-state index is 12.1. The van der Waals surface area contributed by atoms with Crippen LogP contribution >= 0.6 is 11.3 Å². The van der Waals surface area contributed by atoms with Crippen molar-refractivity contribution in [3.63, 3.8) is 0 Å². The van der Waals surface area contributed by atoms with Gasteiger partial charge in [-0.1, -0.05) is 6.07 Å². The van der Waals surface area contributed by atoms with E-state index in [-0.39, 0.29) is 23.8 Å². The van der Waals surface area contributed by atoms with Crippen molar-refractivity contribution < 1.29 is 14.4 Å². The van der Waals surface area contributed by atoms with Crippen LogP contribution in [-0.2, 0) is 9.59 Å². The van der Waals surface area contributed by atoms with Crippen LogP contribution in [0.15, 0.2) is 17.5 Å².